The first-order valence-electron chi connectivity index (χ1n) is 10.7. The van der Waals surface area contributed by atoms with E-state index in [1.54, 1.807) is 11.3 Å². The second kappa shape index (κ2) is 8.12. The van der Waals surface area contributed by atoms with E-state index < -0.39 is 0 Å². The molecule has 1 N–H and O–H groups in total. The van der Waals surface area contributed by atoms with Crippen LogP contribution in [0.1, 0.15) is 66.8 Å². The Morgan fingerprint density at radius 3 is 2.63 bits per heavy atom. The zero-order valence-electron chi connectivity index (χ0n) is 17.4. The van der Waals surface area contributed by atoms with Crippen LogP contribution in [-0.2, 0) is 0 Å². The van der Waals surface area contributed by atoms with E-state index in [-0.39, 0.29) is 12.1 Å². The molecule has 1 aliphatic heterocycles. The van der Waals surface area contributed by atoms with Gasteiger partial charge in [-0.25, -0.2) is 4.98 Å². The van der Waals surface area contributed by atoms with Crippen LogP contribution in [0, 0.1) is 13.8 Å². The molecule has 2 atom stereocenters. The highest BCUT2D eigenvalue weighted by Crippen LogP contribution is 2.44. The van der Waals surface area contributed by atoms with Crippen molar-refractivity contribution in [3.63, 3.8) is 0 Å². The molecule has 0 spiro atoms. The molecular formula is C23H27N5S2. The molecule has 1 saturated heterocycles. The summed E-state index contributed by atoms with van der Waals surface area (Å²) >= 11 is 7.58. The van der Waals surface area contributed by atoms with Crippen molar-refractivity contribution in [2.45, 2.75) is 64.1 Å². The number of hydrogen-bond donors (Lipinski definition) is 1. The Morgan fingerprint density at radius 1 is 1.10 bits per heavy atom. The monoisotopic (exact) mass is 437 g/mol. The van der Waals surface area contributed by atoms with Crippen LogP contribution in [0.15, 0.2) is 42.0 Å². The van der Waals surface area contributed by atoms with Crippen LogP contribution in [0.3, 0.4) is 0 Å². The molecule has 7 heteroatoms. The van der Waals surface area contributed by atoms with Crippen LogP contribution in [-0.4, -0.2) is 30.6 Å². The summed E-state index contributed by atoms with van der Waals surface area (Å²) in [6.07, 6.45) is 10.1. The molecule has 5 nitrogen and oxygen atoms in total. The molecule has 0 amide bonds. The maximum absolute atomic E-state index is 5.91. The summed E-state index contributed by atoms with van der Waals surface area (Å²) in [6, 6.07) is 9.13. The summed E-state index contributed by atoms with van der Waals surface area (Å²) in [5.41, 5.74) is 4.80. The van der Waals surface area contributed by atoms with E-state index in [1.807, 2.05) is 23.8 Å². The highest BCUT2D eigenvalue weighted by Gasteiger charge is 2.44. The predicted molar refractivity (Wildman–Crippen MR) is 125 cm³/mol. The third-order valence-electron chi connectivity index (χ3n) is 6.50. The third kappa shape index (κ3) is 3.34. The highest BCUT2D eigenvalue weighted by molar-refractivity contribution is 7.80. The standard InChI is InChI=1S/C23H27N5S2/c1-15-14-18(16(2)27(15)23-25-12-13-30-23)21-20(19-10-6-7-11-24-19)26-22(29)28(21)17-8-4-3-5-9-17/h6-7,10-14,17,20-21H,3-5,8-9H2,1-2H3,(H,26,29)/t20-,21+/m1/s1. The molecule has 4 heterocycles. The Labute approximate surface area is 187 Å². The van der Waals surface area contributed by atoms with Gasteiger partial charge in [-0.2, -0.15) is 0 Å². The summed E-state index contributed by atoms with van der Waals surface area (Å²) in [5.74, 6) is 0. The van der Waals surface area contributed by atoms with Gasteiger partial charge >= 0.3 is 0 Å². The summed E-state index contributed by atoms with van der Waals surface area (Å²) in [7, 11) is 0. The Kier molecular flexibility index (Phi) is 5.33. The summed E-state index contributed by atoms with van der Waals surface area (Å²) in [4.78, 5) is 11.7. The van der Waals surface area contributed by atoms with E-state index in [2.05, 4.69) is 51.8 Å². The lowest BCUT2D eigenvalue weighted by Crippen LogP contribution is -2.40. The maximum atomic E-state index is 5.91. The Bertz CT molecular complexity index is 1020. The van der Waals surface area contributed by atoms with Gasteiger partial charge in [-0.15, -0.1) is 11.3 Å². The molecule has 1 saturated carbocycles. The molecule has 30 heavy (non-hydrogen) atoms. The number of nitrogens with zero attached hydrogens (tertiary/aromatic N) is 4. The van der Waals surface area contributed by atoms with Crippen LogP contribution in [0.2, 0.25) is 0 Å². The second-order valence-electron chi connectivity index (χ2n) is 8.30. The number of nitrogens with one attached hydrogen (secondary N) is 1. The van der Waals surface area contributed by atoms with E-state index in [0.717, 1.165) is 15.9 Å². The molecule has 3 aromatic heterocycles. The van der Waals surface area contributed by atoms with Crippen molar-refractivity contribution in [2.24, 2.45) is 0 Å². The number of aromatic nitrogens is 3. The van der Waals surface area contributed by atoms with Crippen LogP contribution >= 0.6 is 23.6 Å². The predicted octanol–water partition coefficient (Wildman–Crippen LogP) is 5.25. The molecule has 3 aromatic rings. The van der Waals surface area contributed by atoms with Crippen molar-refractivity contribution in [1.29, 1.82) is 0 Å². The van der Waals surface area contributed by atoms with Crippen molar-refractivity contribution in [1.82, 2.24) is 24.8 Å². The van der Waals surface area contributed by atoms with Gasteiger partial charge in [-0.1, -0.05) is 25.3 Å². The number of rotatable bonds is 4. The van der Waals surface area contributed by atoms with Crippen LogP contribution < -0.4 is 5.32 Å². The molecule has 0 radical (unpaired) electrons. The largest absolute Gasteiger partial charge is 0.352 e. The highest BCUT2D eigenvalue weighted by atomic mass is 32.1. The Hall–Kier alpha value is -2.25. The molecular weight excluding hydrogens is 410 g/mol. The van der Waals surface area contributed by atoms with Gasteiger partial charge < -0.3 is 10.2 Å². The van der Waals surface area contributed by atoms with Gasteiger partial charge in [0.2, 0.25) is 0 Å². The lowest BCUT2D eigenvalue weighted by molar-refractivity contribution is 0.197. The molecule has 2 fully saturated rings. The molecule has 2 aliphatic rings. The minimum atomic E-state index is 0.0471. The lowest BCUT2D eigenvalue weighted by Gasteiger charge is -2.37. The van der Waals surface area contributed by atoms with Crippen molar-refractivity contribution in [3.8, 4) is 5.13 Å². The van der Waals surface area contributed by atoms with E-state index in [4.69, 9.17) is 17.2 Å². The van der Waals surface area contributed by atoms with Crippen molar-refractivity contribution in [3.05, 3.63) is 64.7 Å². The number of thiocarbonyl (C=S) groups is 1. The van der Waals surface area contributed by atoms with E-state index in [9.17, 15) is 0 Å². The third-order valence-corrected chi connectivity index (χ3v) is 7.59. The zero-order valence-corrected chi connectivity index (χ0v) is 19.0. The van der Waals surface area contributed by atoms with Crippen molar-refractivity contribution < 1.29 is 0 Å². The van der Waals surface area contributed by atoms with E-state index in [0.29, 0.717) is 6.04 Å². The second-order valence-corrected chi connectivity index (χ2v) is 9.56. The van der Waals surface area contributed by atoms with Gasteiger partial charge in [-0.05, 0) is 62.7 Å². The van der Waals surface area contributed by atoms with E-state index in [1.165, 1.54) is 49.1 Å². The topological polar surface area (TPSA) is 46.0 Å². The number of hydrogen-bond acceptors (Lipinski definition) is 4. The van der Waals surface area contributed by atoms with Gasteiger partial charge in [0.25, 0.3) is 0 Å². The fourth-order valence-corrected chi connectivity index (χ4v) is 6.30. The van der Waals surface area contributed by atoms with Crippen molar-refractivity contribution in [2.75, 3.05) is 0 Å². The quantitative estimate of drug-likeness (QED) is 0.565. The summed E-state index contributed by atoms with van der Waals surface area (Å²) in [5, 5.41) is 7.54. The molecule has 156 valence electrons. The molecule has 0 unspecified atom stereocenters. The average molecular weight is 438 g/mol. The zero-order chi connectivity index (χ0) is 20.7. The van der Waals surface area contributed by atoms with Crippen LogP contribution in [0.25, 0.3) is 5.13 Å². The minimum Gasteiger partial charge on any atom is -0.352 e. The summed E-state index contributed by atoms with van der Waals surface area (Å²) in [6.45, 7) is 4.37. The van der Waals surface area contributed by atoms with Gasteiger partial charge in [0.1, 0.15) is 0 Å². The van der Waals surface area contributed by atoms with Gasteiger partial charge in [0, 0.05) is 35.2 Å². The lowest BCUT2D eigenvalue weighted by atomic mass is 9.90. The number of thiazole rings is 1. The van der Waals surface area contributed by atoms with Gasteiger partial charge in [0.15, 0.2) is 10.2 Å². The fourth-order valence-electron chi connectivity index (χ4n) is 5.16. The fraction of sp³-hybridized carbons (Fsp3) is 0.435. The maximum Gasteiger partial charge on any atom is 0.193 e. The first-order valence-corrected chi connectivity index (χ1v) is 12.0. The summed E-state index contributed by atoms with van der Waals surface area (Å²) < 4.78 is 2.27. The molecule has 0 bridgehead atoms. The first kappa shape index (κ1) is 19.7. The average Bonchev–Trinajstić information content (AvgIpc) is 3.47. The smallest absolute Gasteiger partial charge is 0.193 e. The van der Waals surface area contributed by atoms with E-state index >= 15 is 0 Å². The number of aryl methyl sites for hydroxylation is 1. The van der Waals surface area contributed by atoms with Gasteiger partial charge in [0.05, 0.1) is 17.8 Å². The molecule has 1 aliphatic carbocycles. The first-order chi connectivity index (χ1) is 14.6. The Morgan fingerprint density at radius 2 is 1.93 bits per heavy atom. The Balaban J connectivity index is 1.62. The minimum absolute atomic E-state index is 0.0471. The van der Waals surface area contributed by atoms with Crippen molar-refractivity contribution >= 4 is 28.7 Å². The van der Waals surface area contributed by atoms with Crippen LogP contribution in [0.5, 0.6) is 0 Å². The molecule has 0 aromatic carbocycles. The number of pyridine rings is 1. The van der Waals surface area contributed by atoms with Gasteiger partial charge in [-0.3, -0.25) is 9.55 Å². The van der Waals surface area contributed by atoms with Crippen LogP contribution in [0.4, 0.5) is 0 Å². The SMILES string of the molecule is Cc1cc([C@H]2[C@@H](c3ccccn3)NC(=S)N2C2CCCCC2)c(C)n1-c1nccs1. The molecule has 5 rings (SSSR count). The normalized spacial score (nSPS) is 22.5.